The van der Waals surface area contributed by atoms with Gasteiger partial charge in [-0.2, -0.15) is 13.2 Å². The van der Waals surface area contributed by atoms with Gasteiger partial charge < -0.3 is 4.42 Å². The van der Waals surface area contributed by atoms with Crippen LogP contribution in [0.3, 0.4) is 0 Å². The average molecular weight is 448 g/mol. The molecule has 3 nitrogen and oxygen atoms in total. The number of alkyl halides is 3. The molecule has 1 fully saturated rings. The number of nitrogens with zero attached hydrogens (tertiary/aromatic N) is 1. The van der Waals surface area contributed by atoms with Crippen LogP contribution in [0.25, 0.3) is 17.4 Å². The first-order valence-electron chi connectivity index (χ1n) is 9.19. The third kappa shape index (κ3) is 4.44. The Kier molecular flexibility index (Phi) is 5.71. The van der Waals surface area contributed by atoms with E-state index in [1.54, 1.807) is 29.2 Å². The zero-order chi connectivity index (χ0) is 21.3. The van der Waals surface area contributed by atoms with Gasteiger partial charge in [-0.05, 0) is 37.1 Å². The molecular weight excluding hydrogens is 431 g/mol. The molecule has 1 aliphatic carbocycles. The molecular formula is C22H16F3NO2S2. The van der Waals surface area contributed by atoms with E-state index >= 15 is 0 Å². The van der Waals surface area contributed by atoms with E-state index in [0.717, 1.165) is 30.5 Å². The molecule has 1 amide bonds. The van der Waals surface area contributed by atoms with Crippen molar-refractivity contribution in [3.05, 3.63) is 76.4 Å². The normalized spacial score (nSPS) is 18.4. The molecule has 154 valence electrons. The minimum Gasteiger partial charge on any atom is -0.457 e. The molecule has 0 bridgehead atoms. The van der Waals surface area contributed by atoms with Crippen molar-refractivity contribution in [2.24, 2.45) is 0 Å². The van der Waals surface area contributed by atoms with Gasteiger partial charge in [-0.3, -0.25) is 9.69 Å². The first-order chi connectivity index (χ1) is 14.3. The molecule has 0 radical (unpaired) electrons. The topological polar surface area (TPSA) is 33.5 Å². The zero-order valence-corrected chi connectivity index (χ0v) is 17.2. The van der Waals surface area contributed by atoms with Crippen LogP contribution in [0.1, 0.15) is 24.2 Å². The van der Waals surface area contributed by atoms with Gasteiger partial charge in [0.2, 0.25) is 0 Å². The van der Waals surface area contributed by atoms with E-state index in [9.17, 15) is 18.0 Å². The number of benzene rings is 1. The second-order valence-electron chi connectivity index (χ2n) is 6.84. The summed E-state index contributed by atoms with van der Waals surface area (Å²) in [5, 5.41) is 0. The van der Waals surface area contributed by atoms with Gasteiger partial charge in [0.05, 0.1) is 10.5 Å². The number of furan rings is 1. The van der Waals surface area contributed by atoms with Gasteiger partial charge >= 0.3 is 6.18 Å². The molecule has 2 heterocycles. The molecule has 0 atom stereocenters. The third-order valence-electron chi connectivity index (χ3n) is 4.71. The van der Waals surface area contributed by atoms with Gasteiger partial charge in [0.1, 0.15) is 15.8 Å². The van der Waals surface area contributed by atoms with Gasteiger partial charge in [0.15, 0.2) is 0 Å². The number of hydrogen-bond acceptors (Lipinski definition) is 4. The van der Waals surface area contributed by atoms with Crippen molar-refractivity contribution in [3.8, 4) is 11.3 Å². The van der Waals surface area contributed by atoms with Crippen LogP contribution in [0.4, 0.5) is 13.2 Å². The van der Waals surface area contributed by atoms with E-state index in [0.29, 0.717) is 32.9 Å². The molecule has 1 aromatic carbocycles. The molecule has 0 saturated carbocycles. The van der Waals surface area contributed by atoms with Crippen LogP contribution in [-0.2, 0) is 11.0 Å². The Labute approximate surface area is 180 Å². The predicted octanol–water partition coefficient (Wildman–Crippen LogP) is 6.44. The molecule has 4 rings (SSSR count). The first-order valence-corrected chi connectivity index (χ1v) is 10.4. The Balaban J connectivity index is 1.53. The summed E-state index contributed by atoms with van der Waals surface area (Å²) in [7, 11) is 0. The quantitative estimate of drug-likeness (QED) is 0.399. The highest BCUT2D eigenvalue weighted by molar-refractivity contribution is 8.26. The molecule has 2 aromatic rings. The second-order valence-corrected chi connectivity index (χ2v) is 8.52. The number of allylic oxidation sites excluding steroid dienone is 3. The van der Waals surface area contributed by atoms with E-state index in [4.69, 9.17) is 16.6 Å². The molecule has 0 unspecified atom stereocenters. The number of hydrogen-bond donors (Lipinski definition) is 0. The van der Waals surface area contributed by atoms with Crippen LogP contribution >= 0.6 is 24.0 Å². The van der Waals surface area contributed by atoms with Crippen LogP contribution in [0.15, 0.2) is 69.5 Å². The Morgan fingerprint density at radius 3 is 2.80 bits per heavy atom. The lowest BCUT2D eigenvalue weighted by Crippen LogP contribution is -2.30. The second kappa shape index (κ2) is 8.28. The van der Waals surface area contributed by atoms with E-state index in [1.165, 1.54) is 17.8 Å². The number of carbonyl (C=O) groups is 1. The smallest absolute Gasteiger partial charge is 0.416 e. The van der Waals surface area contributed by atoms with Crippen molar-refractivity contribution >= 4 is 40.3 Å². The highest BCUT2D eigenvalue weighted by Crippen LogP contribution is 2.36. The summed E-state index contributed by atoms with van der Waals surface area (Å²) in [5.74, 6) is 0.474. The fourth-order valence-corrected chi connectivity index (χ4v) is 4.42. The van der Waals surface area contributed by atoms with E-state index in [2.05, 4.69) is 6.08 Å². The highest BCUT2D eigenvalue weighted by Gasteiger charge is 2.33. The SMILES string of the molecule is O=C1/C(=C\c2ccc(-c3cccc(C(F)(F)F)c3)o2)SC(=S)N1CC1=CC=CCC1. The minimum absolute atomic E-state index is 0.197. The standard InChI is InChI=1S/C22H16F3NO2S2/c23-22(24,25)16-8-4-7-15(11-16)18-10-9-17(28-18)12-19-20(27)26(21(29)30-19)13-14-5-2-1-3-6-14/h1-2,4-5,7-12H,3,6,13H2/b19-12+. The van der Waals surface area contributed by atoms with Crippen molar-refractivity contribution in [3.63, 3.8) is 0 Å². The first kappa shape index (κ1) is 20.7. The lowest BCUT2D eigenvalue weighted by atomic mass is 10.0. The summed E-state index contributed by atoms with van der Waals surface area (Å²) >= 11 is 6.55. The summed E-state index contributed by atoms with van der Waals surface area (Å²) in [5.41, 5.74) is 0.708. The Morgan fingerprint density at radius 2 is 2.07 bits per heavy atom. The lowest BCUT2D eigenvalue weighted by molar-refractivity contribution is -0.137. The molecule has 8 heteroatoms. The van der Waals surface area contributed by atoms with Crippen molar-refractivity contribution in [2.75, 3.05) is 6.54 Å². The van der Waals surface area contributed by atoms with Crippen molar-refractivity contribution < 1.29 is 22.4 Å². The van der Waals surface area contributed by atoms with E-state index in [-0.39, 0.29) is 5.91 Å². The van der Waals surface area contributed by atoms with Gasteiger partial charge in [-0.1, -0.05) is 59.9 Å². The van der Waals surface area contributed by atoms with Gasteiger partial charge in [0.25, 0.3) is 5.91 Å². The van der Waals surface area contributed by atoms with Gasteiger partial charge in [0, 0.05) is 18.2 Å². The number of rotatable bonds is 4. The summed E-state index contributed by atoms with van der Waals surface area (Å²) < 4.78 is 45.0. The number of amides is 1. The number of halogens is 3. The maximum absolute atomic E-state index is 12.9. The summed E-state index contributed by atoms with van der Waals surface area (Å²) in [4.78, 5) is 14.8. The Hall–Kier alpha value is -2.58. The molecule has 1 aliphatic heterocycles. The highest BCUT2D eigenvalue weighted by atomic mass is 32.2. The molecule has 1 aromatic heterocycles. The van der Waals surface area contributed by atoms with Crippen LogP contribution in [0, 0.1) is 0 Å². The maximum Gasteiger partial charge on any atom is 0.416 e. The summed E-state index contributed by atoms with van der Waals surface area (Å²) in [6.45, 7) is 0.458. The van der Waals surface area contributed by atoms with Crippen molar-refractivity contribution in [2.45, 2.75) is 19.0 Å². The average Bonchev–Trinajstić information content (AvgIpc) is 3.29. The number of carbonyl (C=O) groups excluding carboxylic acids is 1. The van der Waals surface area contributed by atoms with Crippen LogP contribution in [0.5, 0.6) is 0 Å². The van der Waals surface area contributed by atoms with Gasteiger partial charge in [-0.15, -0.1) is 0 Å². The van der Waals surface area contributed by atoms with E-state index < -0.39 is 11.7 Å². The minimum atomic E-state index is -4.43. The molecule has 0 spiro atoms. The summed E-state index contributed by atoms with van der Waals surface area (Å²) in [6, 6.07) is 8.13. The summed E-state index contributed by atoms with van der Waals surface area (Å²) in [6.07, 6.45) is 5.04. The van der Waals surface area contributed by atoms with Crippen molar-refractivity contribution in [1.29, 1.82) is 0 Å². The predicted molar refractivity (Wildman–Crippen MR) is 115 cm³/mol. The molecule has 2 aliphatic rings. The number of thiocarbonyl (C=S) groups is 1. The fourth-order valence-electron chi connectivity index (χ4n) is 3.19. The Bertz CT molecular complexity index is 1100. The maximum atomic E-state index is 12.9. The zero-order valence-electron chi connectivity index (χ0n) is 15.6. The monoisotopic (exact) mass is 447 g/mol. The Morgan fingerprint density at radius 1 is 1.23 bits per heavy atom. The number of thioether (sulfide) groups is 1. The van der Waals surface area contributed by atoms with Crippen LogP contribution < -0.4 is 0 Å². The third-order valence-corrected chi connectivity index (χ3v) is 6.09. The van der Waals surface area contributed by atoms with Crippen molar-refractivity contribution in [1.82, 2.24) is 4.90 Å². The molecule has 1 saturated heterocycles. The fraction of sp³-hybridized carbons (Fsp3) is 0.182. The van der Waals surface area contributed by atoms with Gasteiger partial charge in [-0.25, -0.2) is 0 Å². The molecule has 0 N–H and O–H groups in total. The van der Waals surface area contributed by atoms with E-state index in [1.807, 2.05) is 12.2 Å². The molecule has 30 heavy (non-hydrogen) atoms. The van der Waals surface area contributed by atoms with Crippen LogP contribution in [0.2, 0.25) is 0 Å². The lowest BCUT2D eigenvalue weighted by Gasteiger charge is -2.17. The van der Waals surface area contributed by atoms with Crippen LogP contribution in [-0.4, -0.2) is 21.7 Å². The largest absolute Gasteiger partial charge is 0.457 e.